The average Bonchev–Trinajstić information content (AvgIpc) is 4.08. The Morgan fingerprint density at radius 3 is 2.11 bits per heavy atom. The van der Waals surface area contributed by atoms with Gasteiger partial charge in [0.2, 0.25) is 0 Å². The summed E-state index contributed by atoms with van der Waals surface area (Å²) in [4.78, 5) is 13.5. The first-order valence-electron chi connectivity index (χ1n) is 25.7. The van der Waals surface area contributed by atoms with Gasteiger partial charge in [-0.05, 0) is 57.8 Å². The molecule has 5 heterocycles. The van der Waals surface area contributed by atoms with Gasteiger partial charge in [0.05, 0.1) is 19.4 Å². The molecule has 0 unspecified atom stereocenters. The van der Waals surface area contributed by atoms with Gasteiger partial charge >= 0.3 is 0 Å². The van der Waals surface area contributed by atoms with Gasteiger partial charge < -0.3 is 23.5 Å². The summed E-state index contributed by atoms with van der Waals surface area (Å²) in [6, 6.07) is 36.9. The van der Waals surface area contributed by atoms with E-state index in [1.807, 2.05) is 66.9 Å². The summed E-state index contributed by atoms with van der Waals surface area (Å²) in [5.41, 5.74) is 5.14. The van der Waals surface area contributed by atoms with Crippen molar-refractivity contribution in [1.82, 2.24) is 14.5 Å². The molecule has 0 aliphatic carbocycles. The maximum absolute atomic E-state index is 9.14. The molecule has 65 heavy (non-hydrogen) atoms. The van der Waals surface area contributed by atoms with Crippen LogP contribution in [0.1, 0.15) is 40.0 Å². The largest absolute Gasteiger partial charge is 0.509 e. The number of aromatic nitrogens is 3. The Hall–Kier alpha value is -7.47. The van der Waals surface area contributed by atoms with Crippen LogP contribution >= 0.6 is 0 Å². The normalized spacial score (nSPS) is 14.8. The van der Waals surface area contributed by atoms with E-state index in [1.165, 1.54) is 0 Å². The number of anilines is 4. The van der Waals surface area contributed by atoms with Crippen LogP contribution in [0.2, 0.25) is 0 Å². The van der Waals surface area contributed by atoms with Gasteiger partial charge in [0.15, 0.2) is 5.58 Å². The molecule has 7 aromatic carbocycles. The Morgan fingerprint density at radius 1 is 0.662 bits per heavy atom. The molecule has 0 N–H and O–H groups in total. The number of nitrogens with zero attached hydrogens (tertiary/aromatic N) is 5. The number of rotatable bonds is 7. The molecule has 318 valence electrons. The monoisotopic (exact) mass is 1030 g/mol. The van der Waals surface area contributed by atoms with Crippen molar-refractivity contribution < 1.29 is 43.9 Å². The van der Waals surface area contributed by atoms with E-state index in [0.29, 0.717) is 45.4 Å². The van der Waals surface area contributed by atoms with Gasteiger partial charge in [-0.25, -0.2) is 9.97 Å². The van der Waals surface area contributed by atoms with Gasteiger partial charge in [-0.15, -0.1) is 42.4 Å². The third-order valence-electron chi connectivity index (χ3n) is 11.5. The SMILES string of the molecule is [2H]c1c([2H])c([2H])c(-c2cccc(-c3c([2H])c([2H])c([2H])c([2H])c3[2H])c2N2[CH-]N(c3[c-]c(Oc4[c-]c5c(cc4)c4ccccc4n5-c4cc(C(C)(C)C)ccn4)ccc3)c3nc4c(cc32)oc2ccccc24)c([2H])c1[2H].[Pt]. The van der Waals surface area contributed by atoms with Gasteiger partial charge in [0.25, 0.3) is 0 Å². The Morgan fingerprint density at radius 2 is 1.35 bits per heavy atom. The molecule has 7 nitrogen and oxygen atoms in total. The van der Waals surface area contributed by atoms with E-state index in [4.69, 9.17) is 32.8 Å². The maximum Gasteiger partial charge on any atom is 0.156 e. The molecule has 0 radical (unpaired) electrons. The zero-order chi connectivity index (χ0) is 51.6. The molecule has 0 fully saturated rings. The van der Waals surface area contributed by atoms with Crippen LogP contribution in [-0.2, 0) is 26.5 Å². The second kappa shape index (κ2) is 16.0. The van der Waals surface area contributed by atoms with Crippen molar-refractivity contribution in [2.24, 2.45) is 0 Å². The van der Waals surface area contributed by atoms with Crippen molar-refractivity contribution in [1.29, 1.82) is 0 Å². The quantitative estimate of drug-likeness (QED) is 0.148. The smallest absolute Gasteiger partial charge is 0.156 e. The van der Waals surface area contributed by atoms with Crippen molar-refractivity contribution in [3.05, 3.63) is 206 Å². The number of hydrogen-bond donors (Lipinski definition) is 0. The molecule has 11 aromatic rings. The minimum Gasteiger partial charge on any atom is -0.509 e. The predicted octanol–water partition coefficient (Wildman–Crippen LogP) is 14.9. The first kappa shape index (κ1) is 30.6. The third-order valence-corrected chi connectivity index (χ3v) is 11.5. The van der Waals surface area contributed by atoms with E-state index < -0.39 is 60.4 Å². The number of fused-ring (bicyclic) bond motifs is 7. The molecule has 0 atom stereocenters. The van der Waals surface area contributed by atoms with E-state index in [1.54, 1.807) is 52.9 Å². The maximum atomic E-state index is 9.14. The zero-order valence-corrected chi connectivity index (χ0v) is 37.3. The molecule has 1 aliphatic heterocycles. The second-order valence-electron chi connectivity index (χ2n) is 16.4. The Kier molecular flexibility index (Phi) is 7.51. The summed E-state index contributed by atoms with van der Waals surface area (Å²) in [6.45, 7) is 8.17. The van der Waals surface area contributed by atoms with Crippen LogP contribution in [0.3, 0.4) is 0 Å². The summed E-state index contributed by atoms with van der Waals surface area (Å²) >= 11 is 0. The van der Waals surface area contributed by atoms with Crippen LogP contribution in [0.5, 0.6) is 11.5 Å². The van der Waals surface area contributed by atoms with Crippen molar-refractivity contribution in [2.45, 2.75) is 26.2 Å². The van der Waals surface area contributed by atoms with Crippen LogP contribution < -0.4 is 14.5 Å². The fraction of sp³-hybridized carbons (Fsp3) is 0.0702. The number of para-hydroxylation sites is 3. The summed E-state index contributed by atoms with van der Waals surface area (Å²) in [7, 11) is 0. The van der Waals surface area contributed by atoms with E-state index in [0.717, 1.165) is 38.6 Å². The standard InChI is InChI=1S/C57H40N5O2.Pt/c1-57(2,3)39-30-31-58-53(32-39)62-48-26-12-10-22-45(48)46-29-28-42(34-49(46)62)63-41-21-14-20-40(33-41)60-36-61(50-35-52-54(59-56(50)60)47-23-11-13-27-51(47)64-52)55-43(37-16-6-4-7-17-37)24-15-25-44(55)38-18-8-5-9-19-38;/h4-32,35-36H,1-3H3;/q-3;/i4D,5D,6D,7D,8D,9D,16D,17D,18D,19D;. The molecule has 0 bridgehead atoms. The predicted molar refractivity (Wildman–Crippen MR) is 259 cm³/mol. The number of pyridine rings is 2. The van der Waals surface area contributed by atoms with Crippen LogP contribution in [0, 0.1) is 18.8 Å². The van der Waals surface area contributed by atoms with Crippen molar-refractivity contribution >= 4 is 66.8 Å². The molecule has 1 aliphatic rings. The molecule has 8 heteroatoms. The molecule has 0 saturated heterocycles. The van der Waals surface area contributed by atoms with Gasteiger partial charge in [0.1, 0.15) is 22.7 Å². The molecular formula is C57H40N5O2Pt-3. The molecule has 12 rings (SSSR count). The topological polar surface area (TPSA) is 59.6 Å². The molecule has 0 spiro atoms. The summed E-state index contributed by atoms with van der Waals surface area (Å²) in [5, 5.41) is 2.74. The molecule has 0 saturated carbocycles. The van der Waals surface area contributed by atoms with E-state index in [9.17, 15) is 0 Å². The minimum atomic E-state index is -0.590. The fourth-order valence-electron chi connectivity index (χ4n) is 8.47. The zero-order valence-electron chi connectivity index (χ0n) is 45.0. The van der Waals surface area contributed by atoms with Crippen molar-refractivity contribution in [2.75, 3.05) is 9.80 Å². The first-order chi connectivity index (χ1) is 35.5. The molecular weight excluding hydrogens is 982 g/mol. The second-order valence-corrected chi connectivity index (χ2v) is 16.4. The van der Waals surface area contributed by atoms with E-state index >= 15 is 0 Å². The van der Waals surface area contributed by atoms with Gasteiger partial charge in [-0.1, -0.05) is 141 Å². The van der Waals surface area contributed by atoms with Crippen LogP contribution in [0.25, 0.3) is 71.9 Å². The van der Waals surface area contributed by atoms with Crippen LogP contribution in [0.15, 0.2) is 186 Å². The van der Waals surface area contributed by atoms with E-state index in [-0.39, 0.29) is 54.4 Å². The summed E-state index contributed by atoms with van der Waals surface area (Å²) in [5.74, 6) is 1.85. The van der Waals surface area contributed by atoms with Crippen molar-refractivity contribution in [3.8, 4) is 39.6 Å². The van der Waals surface area contributed by atoms with Gasteiger partial charge in [-0.3, -0.25) is 0 Å². The van der Waals surface area contributed by atoms with Crippen molar-refractivity contribution in [3.63, 3.8) is 0 Å². The Labute approximate surface area is 405 Å². The Bertz CT molecular complexity index is 4050. The van der Waals surface area contributed by atoms with Crippen LogP contribution in [0.4, 0.5) is 22.9 Å². The average molecular weight is 1030 g/mol. The fourth-order valence-corrected chi connectivity index (χ4v) is 8.47. The number of benzene rings is 7. The number of furan rings is 1. The van der Waals surface area contributed by atoms with E-state index in [2.05, 4.69) is 55.7 Å². The number of hydrogen-bond acceptors (Lipinski definition) is 6. The van der Waals surface area contributed by atoms with Gasteiger partial charge in [0, 0.05) is 72.5 Å². The summed E-state index contributed by atoms with van der Waals surface area (Å²) < 4.78 is 103. The summed E-state index contributed by atoms with van der Waals surface area (Å²) in [6.07, 6.45) is 1.83. The first-order valence-corrected chi connectivity index (χ1v) is 20.7. The van der Waals surface area contributed by atoms with Crippen LogP contribution in [-0.4, -0.2) is 14.5 Å². The molecule has 4 aromatic heterocycles. The van der Waals surface area contributed by atoms with Gasteiger partial charge in [-0.2, -0.15) is 12.1 Å². The Balaban J connectivity index is 0.00000602. The third kappa shape index (κ3) is 6.95. The molecule has 0 amide bonds. The minimum absolute atomic E-state index is 0. The number of ether oxygens (including phenoxy) is 1.